The molecular formula is C11H21BrN4O2S. The zero-order chi connectivity index (χ0) is 14.8. The molecule has 0 aliphatic carbocycles. The highest BCUT2D eigenvalue weighted by Crippen LogP contribution is 2.19. The number of halogens is 1. The number of rotatable bonds is 6. The molecule has 0 aromatic carbocycles. The molecule has 6 nitrogen and oxygen atoms in total. The summed E-state index contributed by atoms with van der Waals surface area (Å²) in [4.78, 5) is 0. The molecule has 0 saturated carbocycles. The minimum atomic E-state index is -3.21. The van der Waals surface area contributed by atoms with E-state index in [0.29, 0.717) is 13.1 Å². The Labute approximate surface area is 123 Å². The van der Waals surface area contributed by atoms with E-state index in [1.54, 1.807) is 0 Å². The van der Waals surface area contributed by atoms with Crippen LogP contribution in [0.3, 0.4) is 0 Å². The van der Waals surface area contributed by atoms with Crippen LogP contribution < -0.4 is 10.0 Å². The summed E-state index contributed by atoms with van der Waals surface area (Å²) < 4.78 is 27.8. The highest BCUT2D eigenvalue weighted by molar-refractivity contribution is 9.10. The van der Waals surface area contributed by atoms with E-state index in [1.807, 2.05) is 32.5 Å². The molecule has 0 radical (unpaired) electrons. The van der Waals surface area contributed by atoms with Crippen molar-refractivity contribution in [1.29, 1.82) is 0 Å². The molecule has 0 bridgehead atoms. The van der Waals surface area contributed by atoms with Gasteiger partial charge in [0.05, 0.1) is 22.1 Å². The van der Waals surface area contributed by atoms with Crippen LogP contribution in [-0.2, 0) is 23.6 Å². The van der Waals surface area contributed by atoms with Crippen LogP contribution in [0.2, 0.25) is 0 Å². The Morgan fingerprint density at radius 2 is 2.00 bits per heavy atom. The van der Waals surface area contributed by atoms with Crippen molar-refractivity contribution < 1.29 is 8.42 Å². The van der Waals surface area contributed by atoms with Crippen LogP contribution in [-0.4, -0.2) is 36.5 Å². The maximum atomic E-state index is 11.2. The molecule has 1 aromatic rings. The monoisotopic (exact) mass is 352 g/mol. The minimum Gasteiger partial charge on any atom is -0.309 e. The molecule has 1 heterocycles. The van der Waals surface area contributed by atoms with Crippen molar-refractivity contribution in [3.05, 3.63) is 15.9 Å². The van der Waals surface area contributed by atoms with E-state index in [0.717, 1.165) is 22.1 Å². The maximum absolute atomic E-state index is 11.2. The van der Waals surface area contributed by atoms with Crippen LogP contribution in [0.5, 0.6) is 0 Å². The van der Waals surface area contributed by atoms with E-state index in [4.69, 9.17) is 0 Å². The van der Waals surface area contributed by atoms with Crippen LogP contribution in [0, 0.1) is 6.92 Å². The Kier molecular flexibility index (Phi) is 5.16. The van der Waals surface area contributed by atoms with Gasteiger partial charge in [0.1, 0.15) is 0 Å². The summed E-state index contributed by atoms with van der Waals surface area (Å²) in [5.74, 6) is 0. The molecular weight excluding hydrogens is 332 g/mol. The molecule has 0 spiro atoms. The van der Waals surface area contributed by atoms with Gasteiger partial charge in [-0.15, -0.1) is 0 Å². The summed E-state index contributed by atoms with van der Waals surface area (Å²) in [7, 11) is -1.32. The molecule has 0 aliphatic heterocycles. The molecule has 2 N–H and O–H groups in total. The number of nitrogens with one attached hydrogen (secondary N) is 2. The summed E-state index contributed by atoms with van der Waals surface area (Å²) in [6.07, 6.45) is 1.16. The fourth-order valence-electron chi connectivity index (χ4n) is 1.90. The third kappa shape index (κ3) is 5.21. The van der Waals surface area contributed by atoms with Crippen molar-refractivity contribution in [3.8, 4) is 0 Å². The Morgan fingerprint density at radius 3 is 2.42 bits per heavy atom. The second-order valence-electron chi connectivity index (χ2n) is 5.33. The first-order valence-corrected chi connectivity index (χ1v) is 8.58. The number of hydrogen-bond acceptors (Lipinski definition) is 4. The smallest absolute Gasteiger partial charge is 0.209 e. The van der Waals surface area contributed by atoms with Crippen LogP contribution in [0.1, 0.15) is 25.2 Å². The third-order valence-corrected chi connectivity index (χ3v) is 4.54. The average Bonchev–Trinajstić information content (AvgIpc) is 2.40. The van der Waals surface area contributed by atoms with Gasteiger partial charge in [0.25, 0.3) is 0 Å². The van der Waals surface area contributed by atoms with Crippen LogP contribution in [0.4, 0.5) is 0 Å². The van der Waals surface area contributed by atoms with Gasteiger partial charge in [-0.25, -0.2) is 13.1 Å². The van der Waals surface area contributed by atoms with E-state index in [1.165, 1.54) is 0 Å². The summed E-state index contributed by atoms with van der Waals surface area (Å²) in [6, 6.07) is 0. The normalized spacial score (nSPS) is 12.9. The molecule has 1 rings (SSSR count). The molecule has 0 amide bonds. The molecule has 0 atom stereocenters. The number of nitrogens with zero attached hydrogens (tertiary/aromatic N) is 2. The van der Waals surface area contributed by atoms with Crippen LogP contribution in [0.25, 0.3) is 0 Å². The first-order valence-electron chi connectivity index (χ1n) is 5.89. The highest BCUT2D eigenvalue weighted by Gasteiger charge is 2.22. The number of sulfonamides is 1. The van der Waals surface area contributed by atoms with Gasteiger partial charge in [0, 0.05) is 25.7 Å². The molecule has 110 valence electrons. The van der Waals surface area contributed by atoms with Crippen molar-refractivity contribution in [1.82, 2.24) is 19.8 Å². The van der Waals surface area contributed by atoms with Gasteiger partial charge < -0.3 is 5.32 Å². The predicted molar refractivity (Wildman–Crippen MR) is 79.4 cm³/mol. The van der Waals surface area contributed by atoms with Gasteiger partial charge in [-0.05, 0) is 36.7 Å². The lowest BCUT2D eigenvalue weighted by Crippen LogP contribution is -2.49. The van der Waals surface area contributed by atoms with Gasteiger partial charge in [-0.3, -0.25) is 4.68 Å². The van der Waals surface area contributed by atoms with Gasteiger partial charge in [-0.2, -0.15) is 5.10 Å². The second kappa shape index (κ2) is 5.90. The molecule has 0 unspecified atom stereocenters. The average molecular weight is 353 g/mol. The lowest BCUT2D eigenvalue weighted by Gasteiger charge is -2.25. The van der Waals surface area contributed by atoms with Crippen molar-refractivity contribution in [2.24, 2.45) is 7.05 Å². The zero-order valence-electron chi connectivity index (χ0n) is 11.9. The molecule has 19 heavy (non-hydrogen) atoms. The number of hydrogen-bond donors (Lipinski definition) is 2. The Morgan fingerprint density at radius 1 is 1.42 bits per heavy atom. The Bertz CT molecular complexity index is 551. The van der Waals surface area contributed by atoms with Gasteiger partial charge >= 0.3 is 0 Å². The van der Waals surface area contributed by atoms with Crippen LogP contribution in [0.15, 0.2) is 4.47 Å². The van der Waals surface area contributed by atoms with Gasteiger partial charge in [0.2, 0.25) is 10.0 Å². The number of aromatic nitrogens is 2. The van der Waals surface area contributed by atoms with E-state index < -0.39 is 15.6 Å². The SMILES string of the molecule is Cc1nn(C)c(CNCC(C)(C)NS(C)(=O)=O)c1Br. The van der Waals surface area contributed by atoms with E-state index in [2.05, 4.69) is 31.1 Å². The minimum absolute atomic E-state index is 0.525. The summed E-state index contributed by atoms with van der Waals surface area (Å²) in [5.41, 5.74) is 1.44. The summed E-state index contributed by atoms with van der Waals surface area (Å²) >= 11 is 3.50. The van der Waals surface area contributed by atoms with Crippen molar-refractivity contribution in [2.45, 2.75) is 32.9 Å². The third-order valence-electron chi connectivity index (χ3n) is 2.58. The first-order chi connectivity index (χ1) is 8.52. The van der Waals surface area contributed by atoms with Gasteiger partial charge in [0.15, 0.2) is 0 Å². The quantitative estimate of drug-likeness (QED) is 0.797. The zero-order valence-corrected chi connectivity index (χ0v) is 14.3. The maximum Gasteiger partial charge on any atom is 0.209 e. The Balaban J connectivity index is 2.59. The highest BCUT2D eigenvalue weighted by atomic mass is 79.9. The molecule has 0 aliphatic rings. The van der Waals surface area contributed by atoms with Gasteiger partial charge in [-0.1, -0.05) is 0 Å². The lowest BCUT2D eigenvalue weighted by atomic mass is 10.1. The first kappa shape index (κ1) is 16.6. The van der Waals surface area contributed by atoms with E-state index >= 15 is 0 Å². The topological polar surface area (TPSA) is 76.0 Å². The van der Waals surface area contributed by atoms with Crippen molar-refractivity contribution in [2.75, 3.05) is 12.8 Å². The van der Waals surface area contributed by atoms with E-state index in [-0.39, 0.29) is 0 Å². The molecule has 1 aromatic heterocycles. The fraction of sp³-hybridized carbons (Fsp3) is 0.727. The Hall–Kier alpha value is -0.440. The van der Waals surface area contributed by atoms with Crippen LogP contribution >= 0.6 is 15.9 Å². The van der Waals surface area contributed by atoms with E-state index in [9.17, 15) is 8.42 Å². The molecule has 8 heteroatoms. The number of aryl methyl sites for hydroxylation is 2. The largest absolute Gasteiger partial charge is 0.309 e. The summed E-state index contributed by atoms with van der Waals surface area (Å²) in [5, 5.41) is 7.55. The van der Waals surface area contributed by atoms with Crippen molar-refractivity contribution >= 4 is 26.0 Å². The summed E-state index contributed by atoms with van der Waals surface area (Å²) in [6.45, 7) is 6.75. The lowest BCUT2D eigenvalue weighted by molar-refractivity contribution is 0.417. The predicted octanol–water partition coefficient (Wildman–Crippen LogP) is 0.908. The molecule has 0 saturated heterocycles. The second-order valence-corrected chi connectivity index (χ2v) is 7.87. The molecule has 0 fully saturated rings. The standard InChI is InChI=1S/C11H21BrN4O2S/c1-8-10(12)9(16(4)14-8)6-13-7-11(2,3)15-19(5,17)18/h13,15H,6-7H2,1-5H3. The fourth-order valence-corrected chi connectivity index (χ4v) is 3.46. The van der Waals surface area contributed by atoms with Crippen molar-refractivity contribution in [3.63, 3.8) is 0 Å².